The van der Waals surface area contributed by atoms with Gasteiger partial charge in [-0.25, -0.2) is 0 Å². The van der Waals surface area contributed by atoms with Crippen molar-refractivity contribution in [1.29, 1.82) is 0 Å². The number of phenols is 1. The van der Waals surface area contributed by atoms with E-state index in [1.165, 1.54) is 0 Å². The summed E-state index contributed by atoms with van der Waals surface area (Å²) in [4.78, 5) is 11.6. The van der Waals surface area contributed by atoms with Crippen molar-refractivity contribution in [2.45, 2.75) is 26.2 Å². The molecule has 0 atom stereocenters. The van der Waals surface area contributed by atoms with Crippen LogP contribution in [-0.4, -0.2) is 15.6 Å². The summed E-state index contributed by atoms with van der Waals surface area (Å²) in [5.74, 6) is 0.322. The van der Waals surface area contributed by atoms with Crippen molar-refractivity contribution < 1.29 is 9.90 Å². The standard InChI is InChI=1S/C23H23NO2/c1-18(25)24-16-15-21-12-9-20(17-23(21)24)8-6-4-2-3-5-7-19-10-13-22(26)14-11-19/h5-17,26H,2-4H2,1H3/b7-5+,8-6+. The van der Waals surface area contributed by atoms with Gasteiger partial charge in [-0.3, -0.25) is 9.36 Å². The van der Waals surface area contributed by atoms with Crippen LogP contribution in [0.4, 0.5) is 0 Å². The Balaban J connectivity index is 1.51. The zero-order valence-electron chi connectivity index (χ0n) is 14.9. The van der Waals surface area contributed by atoms with Crippen LogP contribution >= 0.6 is 0 Å². The van der Waals surface area contributed by atoms with E-state index >= 15 is 0 Å². The third kappa shape index (κ3) is 4.51. The van der Waals surface area contributed by atoms with E-state index in [9.17, 15) is 9.90 Å². The van der Waals surface area contributed by atoms with Gasteiger partial charge in [-0.05, 0) is 54.7 Å². The zero-order chi connectivity index (χ0) is 18.4. The van der Waals surface area contributed by atoms with Crippen LogP contribution in [0, 0.1) is 0 Å². The summed E-state index contributed by atoms with van der Waals surface area (Å²) in [5.41, 5.74) is 3.16. The molecule has 0 fully saturated rings. The molecule has 3 rings (SSSR count). The topological polar surface area (TPSA) is 42.2 Å². The molecule has 0 aliphatic heterocycles. The van der Waals surface area contributed by atoms with Crippen molar-refractivity contribution in [2.24, 2.45) is 0 Å². The number of hydrogen-bond acceptors (Lipinski definition) is 2. The molecule has 0 aliphatic rings. The number of carbonyl (C=O) groups is 1. The van der Waals surface area contributed by atoms with Gasteiger partial charge in [0.25, 0.3) is 0 Å². The van der Waals surface area contributed by atoms with Gasteiger partial charge in [0, 0.05) is 18.5 Å². The number of nitrogens with zero attached hydrogens (tertiary/aromatic N) is 1. The molecule has 1 N–H and O–H groups in total. The summed E-state index contributed by atoms with van der Waals surface area (Å²) in [5, 5.41) is 10.3. The number of hydrogen-bond donors (Lipinski definition) is 1. The first-order valence-electron chi connectivity index (χ1n) is 8.88. The number of phenolic OH excluding ortho intramolecular Hbond substituents is 1. The van der Waals surface area contributed by atoms with E-state index in [-0.39, 0.29) is 5.91 Å². The van der Waals surface area contributed by atoms with Gasteiger partial charge in [0.1, 0.15) is 5.75 Å². The largest absolute Gasteiger partial charge is 0.508 e. The van der Waals surface area contributed by atoms with Gasteiger partial charge >= 0.3 is 0 Å². The fraction of sp³-hybridized carbons (Fsp3) is 0.174. The maximum atomic E-state index is 11.6. The van der Waals surface area contributed by atoms with E-state index in [4.69, 9.17) is 0 Å². The maximum absolute atomic E-state index is 11.6. The zero-order valence-corrected chi connectivity index (χ0v) is 14.9. The van der Waals surface area contributed by atoms with Crippen LogP contribution < -0.4 is 0 Å². The monoisotopic (exact) mass is 345 g/mol. The second-order valence-electron chi connectivity index (χ2n) is 6.35. The van der Waals surface area contributed by atoms with Crippen LogP contribution in [0.3, 0.4) is 0 Å². The van der Waals surface area contributed by atoms with Crippen LogP contribution in [0.1, 0.15) is 42.1 Å². The highest BCUT2D eigenvalue weighted by Gasteiger charge is 2.04. The lowest BCUT2D eigenvalue weighted by molar-refractivity contribution is 0.0941. The lowest BCUT2D eigenvalue weighted by Gasteiger charge is -2.01. The average Bonchev–Trinajstić information content (AvgIpc) is 3.06. The molecule has 1 aromatic heterocycles. The Morgan fingerprint density at radius 1 is 0.962 bits per heavy atom. The minimum Gasteiger partial charge on any atom is -0.508 e. The van der Waals surface area contributed by atoms with Crippen LogP contribution in [0.15, 0.2) is 66.9 Å². The van der Waals surface area contributed by atoms with Crippen molar-refractivity contribution >= 4 is 29.0 Å². The van der Waals surface area contributed by atoms with Crippen LogP contribution in [0.5, 0.6) is 5.75 Å². The Kier molecular flexibility index (Phi) is 5.69. The predicted molar refractivity (Wildman–Crippen MR) is 108 cm³/mol. The maximum Gasteiger partial charge on any atom is 0.227 e. The highest BCUT2D eigenvalue weighted by molar-refractivity contribution is 5.92. The number of aromatic nitrogens is 1. The summed E-state index contributed by atoms with van der Waals surface area (Å²) in [7, 11) is 0. The molecule has 0 aliphatic carbocycles. The SMILES string of the molecule is CC(=O)n1ccc2ccc(/C=C/CCC/C=C/c3ccc(O)cc3)cc21. The molecule has 0 saturated heterocycles. The van der Waals surface area contributed by atoms with Crippen molar-refractivity contribution in [3.05, 3.63) is 78.0 Å². The second kappa shape index (κ2) is 8.34. The van der Waals surface area contributed by atoms with Crippen LogP contribution in [0.2, 0.25) is 0 Å². The van der Waals surface area contributed by atoms with E-state index in [2.05, 4.69) is 42.5 Å². The average molecular weight is 345 g/mol. The first-order valence-corrected chi connectivity index (χ1v) is 8.88. The molecule has 0 radical (unpaired) electrons. The van der Waals surface area contributed by atoms with Gasteiger partial charge < -0.3 is 5.11 Å². The molecule has 0 saturated carbocycles. The third-order valence-electron chi connectivity index (χ3n) is 4.31. The smallest absolute Gasteiger partial charge is 0.227 e. The van der Waals surface area contributed by atoms with Crippen molar-refractivity contribution in [1.82, 2.24) is 4.57 Å². The Hall–Kier alpha value is -3.07. The number of carbonyl (C=O) groups excluding carboxylic acids is 1. The van der Waals surface area contributed by atoms with E-state index in [1.807, 2.05) is 24.4 Å². The third-order valence-corrected chi connectivity index (χ3v) is 4.31. The van der Waals surface area contributed by atoms with E-state index in [0.29, 0.717) is 5.75 Å². The summed E-state index contributed by atoms with van der Waals surface area (Å²) >= 11 is 0. The van der Waals surface area contributed by atoms with Gasteiger partial charge in [0.05, 0.1) is 5.52 Å². The fourth-order valence-electron chi connectivity index (χ4n) is 2.90. The summed E-state index contributed by atoms with van der Waals surface area (Å²) in [6, 6.07) is 15.3. The molecular formula is C23H23NO2. The van der Waals surface area contributed by atoms with E-state index < -0.39 is 0 Å². The number of benzene rings is 2. The van der Waals surface area contributed by atoms with E-state index in [1.54, 1.807) is 23.6 Å². The molecule has 3 aromatic rings. The lowest BCUT2D eigenvalue weighted by atomic mass is 10.1. The van der Waals surface area contributed by atoms with Crippen LogP contribution in [-0.2, 0) is 0 Å². The number of rotatable bonds is 6. The van der Waals surface area contributed by atoms with Gasteiger partial charge in [-0.2, -0.15) is 0 Å². The number of fused-ring (bicyclic) bond motifs is 1. The minimum atomic E-state index is 0.0292. The molecule has 0 amide bonds. The summed E-state index contributed by atoms with van der Waals surface area (Å²) in [6.45, 7) is 1.58. The second-order valence-corrected chi connectivity index (χ2v) is 6.35. The van der Waals surface area contributed by atoms with Crippen molar-refractivity contribution in [3.63, 3.8) is 0 Å². The Labute approximate surface area is 153 Å². The van der Waals surface area contributed by atoms with Gasteiger partial charge in [-0.1, -0.05) is 48.6 Å². The van der Waals surface area contributed by atoms with Crippen LogP contribution in [0.25, 0.3) is 23.1 Å². The highest BCUT2D eigenvalue weighted by Crippen LogP contribution is 2.19. The first-order chi connectivity index (χ1) is 12.6. The number of unbranched alkanes of at least 4 members (excludes halogenated alkanes) is 2. The Bertz CT molecular complexity index is 946. The minimum absolute atomic E-state index is 0.0292. The molecule has 2 aromatic carbocycles. The Morgan fingerprint density at radius 3 is 2.31 bits per heavy atom. The lowest BCUT2D eigenvalue weighted by Crippen LogP contribution is -2.02. The fourth-order valence-corrected chi connectivity index (χ4v) is 2.90. The molecule has 0 bridgehead atoms. The van der Waals surface area contributed by atoms with E-state index in [0.717, 1.165) is 41.3 Å². The predicted octanol–water partition coefficient (Wildman–Crippen LogP) is 5.90. The van der Waals surface area contributed by atoms with Crippen molar-refractivity contribution in [2.75, 3.05) is 0 Å². The van der Waals surface area contributed by atoms with Gasteiger partial charge in [0.15, 0.2) is 0 Å². The molecule has 0 spiro atoms. The highest BCUT2D eigenvalue weighted by atomic mass is 16.3. The molecule has 132 valence electrons. The molecule has 0 unspecified atom stereocenters. The summed E-state index contributed by atoms with van der Waals surface area (Å²) in [6.07, 6.45) is 13.4. The molecule has 3 nitrogen and oxygen atoms in total. The summed E-state index contributed by atoms with van der Waals surface area (Å²) < 4.78 is 1.68. The molecule has 26 heavy (non-hydrogen) atoms. The molecule has 3 heteroatoms. The Morgan fingerprint density at radius 2 is 1.62 bits per heavy atom. The van der Waals surface area contributed by atoms with Crippen molar-refractivity contribution in [3.8, 4) is 5.75 Å². The number of aromatic hydroxyl groups is 1. The van der Waals surface area contributed by atoms with Gasteiger partial charge in [0.2, 0.25) is 5.91 Å². The molecular weight excluding hydrogens is 322 g/mol. The quantitative estimate of drug-likeness (QED) is 0.565. The first kappa shape index (κ1) is 17.7. The molecule has 1 heterocycles. The normalized spacial score (nSPS) is 11.7. The van der Waals surface area contributed by atoms with Gasteiger partial charge in [-0.15, -0.1) is 0 Å². The number of allylic oxidation sites excluding steroid dienone is 2.